The third-order valence-corrected chi connectivity index (χ3v) is 17.2. The zero-order chi connectivity index (χ0) is 49.9. The molecule has 3 saturated heterocycles. The molecule has 67 heavy (non-hydrogen) atoms. The molecule has 14 N–H and O–H groups in total. The first-order valence-electron chi connectivity index (χ1n) is 24.1. The zero-order valence-electron chi connectivity index (χ0n) is 40.2. The molecular formula is C47H82O20. The lowest BCUT2D eigenvalue weighted by atomic mass is 9.42. The molecule has 6 rings (SSSR count). The topological polar surface area (TPSA) is 339 Å². The second-order valence-corrected chi connectivity index (χ2v) is 22.5. The van der Waals surface area contributed by atoms with Crippen molar-refractivity contribution < 1.29 is 99.9 Å². The summed E-state index contributed by atoms with van der Waals surface area (Å²) in [6.45, 7) is 13.3. The number of fused-ring (bicyclic) bond motifs is 3. The van der Waals surface area contributed by atoms with E-state index in [2.05, 4.69) is 27.7 Å². The van der Waals surface area contributed by atoms with Gasteiger partial charge in [-0.1, -0.05) is 39.3 Å². The average molecular weight is 967 g/mol. The van der Waals surface area contributed by atoms with Gasteiger partial charge in [0.25, 0.3) is 0 Å². The van der Waals surface area contributed by atoms with Gasteiger partial charge in [0.1, 0.15) is 72.7 Å². The van der Waals surface area contributed by atoms with Crippen molar-refractivity contribution in [3.05, 3.63) is 11.6 Å². The largest absolute Gasteiger partial charge is 0.393 e. The molecule has 3 aliphatic carbocycles. The Morgan fingerprint density at radius 2 is 1.39 bits per heavy atom. The predicted octanol–water partition coefficient (Wildman–Crippen LogP) is -1.94. The van der Waals surface area contributed by atoms with E-state index < -0.39 is 152 Å². The molecule has 390 valence electrons. The lowest BCUT2D eigenvalue weighted by Gasteiger charge is -2.64. The first-order chi connectivity index (χ1) is 31.0. The first-order valence-corrected chi connectivity index (χ1v) is 24.1. The Kier molecular flexibility index (Phi) is 17.2. The molecule has 0 unspecified atom stereocenters. The van der Waals surface area contributed by atoms with Gasteiger partial charge in [-0.15, -0.1) is 0 Å². The van der Waals surface area contributed by atoms with E-state index in [-0.39, 0.29) is 30.3 Å². The standard InChI is InChI=1S/C47H82O20/c1-21(16-24(50)39(59)47(8,61)20-48)10-9-13-46(7,60)38-23(49)17-28-44(5)15-12-29(43(3,4)27(44)11-14-45(28,38)6)66-42-37(67-41-36(58)33(55)30(52)22(2)64-41)34(56)32(54)26(65-42)19-63-40-35(57)31(53)25(51)18-62-40/h10,22-42,48-61H,9,11-20H2,1-8H3/b21-10+/t22-,23+,24-,25+,26+,27-,28+,29-,30-,31-,32+,33+,34-,35+,36+,37+,38+,39+,40-,41-,42-,44-,45+,46+,47-/m0/s1. The normalized spacial score (nSPS) is 48.7. The fourth-order valence-corrected chi connectivity index (χ4v) is 13.3. The number of ether oxygens (including phenoxy) is 6. The molecule has 3 aliphatic heterocycles. The Bertz CT molecular complexity index is 1670. The Labute approximate surface area is 393 Å². The molecule has 25 atom stereocenters. The monoisotopic (exact) mass is 967 g/mol. The molecule has 3 saturated carbocycles. The lowest BCUT2D eigenvalue weighted by Crippen LogP contribution is -2.66. The van der Waals surface area contributed by atoms with Crippen LogP contribution in [0, 0.1) is 34.0 Å². The molecule has 0 radical (unpaired) electrons. The van der Waals surface area contributed by atoms with Crippen LogP contribution >= 0.6 is 0 Å². The van der Waals surface area contributed by atoms with Crippen LogP contribution in [0.3, 0.4) is 0 Å². The van der Waals surface area contributed by atoms with Crippen LogP contribution in [0.1, 0.15) is 107 Å². The maximum atomic E-state index is 12.2. The maximum Gasteiger partial charge on any atom is 0.187 e. The van der Waals surface area contributed by atoms with Crippen molar-refractivity contribution in [2.75, 3.05) is 19.8 Å². The molecule has 20 heteroatoms. The smallest absolute Gasteiger partial charge is 0.187 e. The Morgan fingerprint density at radius 3 is 2.04 bits per heavy atom. The van der Waals surface area contributed by atoms with Gasteiger partial charge in [-0.25, -0.2) is 0 Å². The fraction of sp³-hybridized carbons (Fsp3) is 0.957. The van der Waals surface area contributed by atoms with Gasteiger partial charge in [-0.2, -0.15) is 0 Å². The molecule has 20 nitrogen and oxygen atoms in total. The first kappa shape index (κ1) is 55.3. The minimum Gasteiger partial charge on any atom is -0.393 e. The van der Waals surface area contributed by atoms with E-state index >= 15 is 0 Å². The van der Waals surface area contributed by atoms with Gasteiger partial charge in [0.15, 0.2) is 18.9 Å². The zero-order valence-corrected chi connectivity index (χ0v) is 40.2. The highest BCUT2D eigenvalue weighted by molar-refractivity contribution is 5.17. The minimum absolute atomic E-state index is 0.00452. The van der Waals surface area contributed by atoms with Gasteiger partial charge in [0, 0.05) is 5.92 Å². The second-order valence-electron chi connectivity index (χ2n) is 22.5. The van der Waals surface area contributed by atoms with Crippen molar-refractivity contribution in [3.63, 3.8) is 0 Å². The molecule has 6 fully saturated rings. The van der Waals surface area contributed by atoms with Crippen LogP contribution in [0.5, 0.6) is 0 Å². The second kappa shape index (κ2) is 20.8. The van der Waals surface area contributed by atoms with Crippen molar-refractivity contribution >= 4 is 0 Å². The maximum absolute atomic E-state index is 12.2. The van der Waals surface area contributed by atoms with Crippen LogP contribution in [0.2, 0.25) is 0 Å². The molecule has 0 spiro atoms. The highest BCUT2D eigenvalue weighted by Crippen LogP contribution is 2.71. The number of hydrogen-bond donors (Lipinski definition) is 14. The summed E-state index contributed by atoms with van der Waals surface area (Å²) < 4.78 is 36.0. The molecule has 0 aromatic rings. The van der Waals surface area contributed by atoms with Crippen LogP contribution in [-0.4, -0.2) is 213 Å². The van der Waals surface area contributed by atoms with Gasteiger partial charge in [0.2, 0.25) is 0 Å². The van der Waals surface area contributed by atoms with Crippen molar-refractivity contribution in [1.29, 1.82) is 0 Å². The molecule has 0 amide bonds. The molecule has 6 aliphatic rings. The van der Waals surface area contributed by atoms with Gasteiger partial charge in [-0.3, -0.25) is 0 Å². The van der Waals surface area contributed by atoms with E-state index in [1.54, 1.807) is 13.8 Å². The van der Waals surface area contributed by atoms with Crippen molar-refractivity contribution in [1.82, 2.24) is 0 Å². The summed E-state index contributed by atoms with van der Waals surface area (Å²) >= 11 is 0. The van der Waals surface area contributed by atoms with E-state index in [0.717, 1.165) is 12.0 Å². The Hall–Kier alpha value is -1.06. The van der Waals surface area contributed by atoms with Crippen LogP contribution in [-0.2, 0) is 28.4 Å². The Morgan fingerprint density at radius 1 is 0.746 bits per heavy atom. The van der Waals surface area contributed by atoms with Crippen molar-refractivity contribution in [2.24, 2.45) is 34.0 Å². The van der Waals surface area contributed by atoms with E-state index in [4.69, 9.17) is 28.4 Å². The van der Waals surface area contributed by atoms with E-state index in [9.17, 15) is 71.5 Å². The van der Waals surface area contributed by atoms with E-state index in [1.807, 2.05) is 6.08 Å². The van der Waals surface area contributed by atoms with Gasteiger partial charge < -0.3 is 99.9 Å². The number of aliphatic hydroxyl groups is 14. The fourth-order valence-electron chi connectivity index (χ4n) is 13.3. The Balaban J connectivity index is 1.18. The summed E-state index contributed by atoms with van der Waals surface area (Å²) in [4.78, 5) is 0. The molecule has 0 aromatic carbocycles. The highest BCUT2D eigenvalue weighted by atomic mass is 16.8. The SMILES string of the molecule is C/C(=C\CC[C@@](C)(O)[C@@H]1[C@H](O)C[C@H]2[C@@]1(C)CC[C@H]1C(C)(C)[C@@H](O[C@@H]3O[C@H](CO[C@@H]4OC[C@@H](O)[C@H](O)[C@H]4O)[C@@H](O)[C@H](O)[C@H]3O[C@@H]3O[C@@H](C)[C@H](O)[C@@H](O)[C@H]3O)CC[C@]21C)C[C@H](O)[C@@H](O)[C@@](C)(O)CO. The molecule has 0 bridgehead atoms. The van der Waals surface area contributed by atoms with Crippen LogP contribution in [0.4, 0.5) is 0 Å². The molecule has 0 aromatic heterocycles. The number of allylic oxidation sites excluding steroid dienone is 1. The van der Waals surface area contributed by atoms with Crippen molar-refractivity contribution in [2.45, 2.75) is 228 Å². The van der Waals surface area contributed by atoms with Gasteiger partial charge >= 0.3 is 0 Å². The quantitative estimate of drug-likeness (QED) is 0.0591. The summed E-state index contributed by atoms with van der Waals surface area (Å²) in [5, 5.41) is 150. The van der Waals surface area contributed by atoms with Crippen molar-refractivity contribution in [3.8, 4) is 0 Å². The van der Waals surface area contributed by atoms with E-state index in [1.165, 1.54) is 13.8 Å². The van der Waals surface area contributed by atoms with Crippen LogP contribution < -0.4 is 0 Å². The summed E-state index contributed by atoms with van der Waals surface area (Å²) in [7, 11) is 0. The number of aliphatic hydroxyl groups excluding tert-OH is 12. The summed E-state index contributed by atoms with van der Waals surface area (Å²) in [6, 6.07) is 0. The van der Waals surface area contributed by atoms with Gasteiger partial charge in [0.05, 0.1) is 49.8 Å². The third-order valence-electron chi connectivity index (χ3n) is 17.2. The van der Waals surface area contributed by atoms with Crippen LogP contribution in [0.15, 0.2) is 11.6 Å². The highest BCUT2D eigenvalue weighted by Gasteiger charge is 2.68. The van der Waals surface area contributed by atoms with Gasteiger partial charge in [-0.05, 0) is 107 Å². The van der Waals surface area contributed by atoms with E-state index in [0.29, 0.717) is 38.5 Å². The third kappa shape index (κ3) is 10.7. The number of rotatable bonds is 16. The average Bonchev–Trinajstić information content (AvgIpc) is 3.55. The molecule has 3 heterocycles. The summed E-state index contributed by atoms with van der Waals surface area (Å²) in [6.07, 6.45) is -19.6. The lowest BCUT2D eigenvalue weighted by molar-refractivity contribution is -0.379. The summed E-state index contributed by atoms with van der Waals surface area (Å²) in [5.41, 5.74) is -3.78. The predicted molar refractivity (Wildman–Crippen MR) is 234 cm³/mol. The molecular weight excluding hydrogens is 884 g/mol. The minimum atomic E-state index is -1.87. The summed E-state index contributed by atoms with van der Waals surface area (Å²) in [5.74, 6) is -0.434. The number of hydrogen-bond acceptors (Lipinski definition) is 20. The van der Waals surface area contributed by atoms with Crippen LogP contribution in [0.25, 0.3) is 0 Å².